The molecule has 16 heteroatoms. The predicted molar refractivity (Wildman–Crippen MR) is 130 cm³/mol. The second-order valence-corrected chi connectivity index (χ2v) is 10.5. The van der Waals surface area contributed by atoms with E-state index in [0.717, 1.165) is 0 Å². The second kappa shape index (κ2) is 12.6. The van der Waals surface area contributed by atoms with Crippen LogP contribution in [-0.2, 0) is 23.7 Å². The van der Waals surface area contributed by atoms with Gasteiger partial charge in [0.2, 0.25) is 5.91 Å². The van der Waals surface area contributed by atoms with Crippen molar-refractivity contribution >= 4 is 5.91 Å². The van der Waals surface area contributed by atoms with E-state index in [-0.39, 0.29) is 38.3 Å². The van der Waals surface area contributed by atoms with E-state index in [4.69, 9.17) is 47.6 Å². The van der Waals surface area contributed by atoms with E-state index in [9.17, 15) is 30.3 Å². The van der Waals surface area contributed by atoms with Gasteiger partial charge in [-0.25, -0.2) is 0 Å². The standard InChI is InChI=1S/C22H44N6O10/c1-3-12(29)28(2)7-11-20(33)22(27,34)5-13(35-11)37-18-8(24)4-9(25)19(17(18)32)38-21-14(26)16(31)15(30)10(6-23)36-21/h8-11,13-21,30-34H,3-7,23-27H2,1-2H3/t8-,9+,10-,11-,13-,14-,15-,16-,17-,18+,19-,20-,21-,22-/m1/s1. The number of amides is 1. The highest BCUT2D eigenvalue weighted by Gasteiger charge is 2.51. The fourth-order valence-corrected chi connectivity index (χ4v) is 5.13. The lowest BCUT2D eigenvalue weighted by Crippen LogP contribution is -2.69. The Morgan fingerprint density at radius 3 is 2.18 bits per heavy atom. The van der Waals surface area contributed by atoms with Gasteiger partial charge >= 0.3 is 0 Å². The van der Waals surface area contributed by atoms with Crippen molar-refractivity contribution in [3.63, 3.8) is 0 Å². The molecule has 1 amide bonds. The summed E-state index contributed by atoms with van der Waals surface area (Å²) in [6.07, 6.45) is -12.4. The van der Waals surface area contributed by atoms with E-state index in [0.29, 0.717) is 0 Å². The number of aliphatic hydroxyl groups is 5. The molecule has 3 rings (SSSR count). The second-order valence-electron chi connectivity index (χ2n) is 10.5. The van der Waals surface area contributed by atoms with Crippen molar-refractivity contribution in [3.8, 4) is 0 Å². The van der Waals surface area contributed by atoms with Gasteiger partial charge in [-0.05, 0) is 6.42 Å². The van der Waals surface area contributed by atoms with Crippen molar-refractivity contribution in [1.82, 2.24) is 4.90 Å². The summed E-state index contributed by atoms with van der Waals surface area (Å²) in [5.74, 6) is -0.208. The third kappa shape index (κ3) is 6.61. The highest BCUT2D eigenvalue weighted by molar-refractivity contribution is 5.75. The maximum atomic E-state index is 12.0. The van der Waals surface area contributed by atoms with Crippen molar-refractivity contribution in [2.45, 2.75) is 111 Å². The number of nitrogens with two attached hydrogens (primary N) is 5. The Labute approximate surface area is 220 Å². The van der Waals surface area contributed by atoms with Crippen LogP contribution in [0.15, 0.2) is 0 Å². The first-order chi connectivity index (χ1) is 17.7. The SMILES string of the molecule is CCC(=O)N(C)C[C@H]1O[C@H](O[C@@H]2[C@@H](O)[C@H](O[C@H]3O[C@H](CN)[C@@H](O)[C@H](O)[C@H]3N)[C@@H](N)C[C@H]2N)C[C@@](N)(O)[C@@H]1O. The Kier molecular flexibility index (Phi) is 10.4. The lowest BCUT2D eigenvalue weighted by Gasteiger charge is -2.48. The highest BCUT2D eigenvalue weighted by Crippen LogP contribution is 2.32. The van der Waals surface area contributed by atoms with Crippen LogP contribution in [0.2, 0.25) is 0 Å². The minimum atomic E-state index is -2.11. The van der Waals surface area contributed by atoms with E-state index in [1.807, 2.05) is 0 Å². The van der Waals surface area contributed by atoms with Gasteiger partial charge in [0.1, 0.15) is 54.6 Å². The summed E-state index contributed by atoms with van der Waals surface area (Å²) in [6.45, 7) is 1.49. The molecule has 222 valence electrons. The molecule has 2 heterocycles. The van der Waals surface area contributed by atoms with E-state index in [2.05, 4.69) is 0 Å². The predicted octanol–water partition coefficient (Wildman–Crippen LogP) is -6.10. The largest absolute Gasteiger partial charge is 0.388 e. The summed E-state index contributed by atoms with van der Waals surface area (Å²) in [6, 6.07) is -2.73. The first-order valence-electron chi connectivity index (χ1n) is 12.8. The molecule has 2 saturated heterocycles. The van der Waals surface area contributed by atoms with Crippen LogP contribution in [0.4, 0.5) is 0 Å². The third-order valence-corrected chi connectivity index (χ3v) is 7.51. The van der Waals surface area contributed by atoms with Crippen molar-refractivity contribution in [1.29, 1.82) is 0 Å². The Hall–Kier alpha value is -1.09. The zero-order valence-electron chi connectivity index (χ0n) is 21.7. The minimum Gasteiger partial charge on any atom is -0.388 e. The first-order valence-corrected chi connectivity index (χ1v) is 12.8. The van der Waals surface area contributed by atoms with Crippen molar-refractivity contribution < 1.29 is 49.3 Å². The summed E-state index contributed by atoms with van der Waals surface area (Å²) in [4.78, 5) is 13.3. The molecule has 0 bridgehead atoms. The molecule has 0 radical (unpaired) electrons. The van der Waals surface area contributed by atoms with Gasteiger partial charge in [-0.15, -0.1) is 0 Å². The highest BCUT2D eigenvalue weighted by atomic mass is 16.7. The van der Waals surface area contributed by atoms with E-state index in [1.54, 1.807) is 6.92 Å². The van der Waals surface area contributed by atoms with Crippen LogP contribution in [0.25, 0.3) is 0 Å². The number of rotatable bonds is 8. The number of ether oxygens (including phenoxy) is 4. The summed E-state index contributed by atoms with van der Waals surface area (Å²) >= 11 is 0. The van der Waals surface area contributed by atoms with Gasteiger partial charge in [0, 0.05) is 45.1 Å². The van der Waals surface area contributed by atoms with Gasteiger partial charge < -0.3 is 78.0 Å². The summed E-state index contributed by atoms with van der Waals surface area (Å²) < 4.78 is 23.2. The molecule has 0 aromatic heterocycles. The van der Waals surface area contributed by atoms with Crippen LogP contribution in [0.1, 0.15) is 26.2 Å². The van der Waals surface area contributed by atoms with Crippen LogP contribution in [-0.4, -0.2) is 142 Å². The van der Waals surface area contributed by atoms with Crippen molar-refractivity contribution in [3.05, 3.63) is 0 Å². The average Bonchev–Trinajstić information content (AvgIpc) is 2.86. The summed E-state index contributed by atoms with van der Waals surface area (Å²) in [7, 11) is 1.52. The Morgan fingerprint density at radius 1 is 1.00 bits per heavy atom. The van der Waals surface area contributed by atoms with Gasteiger partial charge in [0.15, 0.2) is 12.6 Å². The molecule has 0 aromatic rings. The number of hydrogen-bond donors (Lipinski definition) is 10. The molecule has 14 atom stereocenters. The maximum Gasteiger partial charge on any atom is 0.222 e. The molecule has 16 nitrogen and oxygen atoms in total. The molecular weight excluding hydrogens is 508 g/mol. The molecule has 1 saturated carbocycles. The fourth-order valence-electron chi connectivity index (χ4n) is 5.13. The minimum absolute atomic E-state index is 0.0729. The Bertz CT molecular complexity index is 796. The Balaban J connectivity index is 1.72. The van der Waals surface area contributed by atoms with Gasteiger partial charge in [0.05, 0.1) is 6.04 Å². The molecule has 0 unspecified atom stereocenters. The van der Waals surface area contributed by atoms with E-state index < -0.39 is 85.3 Å². The van der Waals surface area contributed by atoms with Gasteiger partial charge in [-0.3, -0.25) is 4.79 Å². The number of aliphatic hydroxyl groups excluding tert-OH is 4. The summed E-state index contributed by atoms with van der Waals surface area (Å²) in [5, 5.41) is 52.7. The lowest BCUT2D eigenvalue weighted by atomic mass is 9.84. The van der Waals surface area contributed by atoms with Crippen LogP contribution in [0.3, 0.4) is 0 Å². The van der Waals surface area contributed by atoms with Gasteiger partial charge in [-0.1, -0.05) is 6.92 Å². The van der Waals surface area contributed by atoms with Gasteiger partial charge in [0.25, 0.3) is 0 Å². The number of carbonyl (C=O) groups excluding carboxylic acids is 1. The third-order valence-electron chi connectivity index (χ3n) is 7.51. The Morgan fingerprint density at radius 2 is 1.61 bits per heavy atom. The average molecular weight is 553 g/mol. The molecule has 1 aliphatic carbocycles. The number of carbonyl (C=O) groups is 1. The quantitative estimate of drug-likeness (QED) is 0.125. The van der Waals surface area contributed by atoms with E-state index >= 15 is 0 Å². The zero-order chi connectivity index (χ0) is 28.5. The molecular formula is C22H44N6O10. The van der Waals surface area contributed by atoms with E-state index in [1.165, 1.54) is 11.9 Å². The topological polar surface area (TPSA) is 288 Å². The molecule has 2 aliphatic heterocycles. The first kappa shape index (κ1) is 31.4. The number of nitrogens with zero attached hydrogens (tertiary/aromatic N) is 1. The normalized spacial score (nSPS) is 48.1. The molecule has 0 spiro atoms. The number of likely N-dealkylation sites (N-methyl/N-ethyl adjacent to an activating group) is 1. The summed E-state index contributed by atoms with van der Waals surface area (Å²) in [5.41, 5.74) is 27.8. The molecule has 38 heavy (non-hydrogen) atoms. The fraction of sp³-hybridized carbons (Fsp3) is 0.955. The maximum absolute atomic E-state index is 12.0. The molecule has 0 aromatic carbocycles. The van der Waals surface area contributed by atoms with Crippen LogP contribution in [0.5, 0.6) is 0 Å². The lowest BCUT2D eigenvalue weighted by molar-refractivity contribution is -0.317. The van der Waals surface area contributed by atoms with Crippen LogP contribution >= 0.6 is 0 Å². The van der Waals surface area contributed by atoms with Crippen LogP contribution in [0, 0.1) is 0 Å². The van der Waals surface area contributed by atoms with Gasteiger partial charge in [-0.2, -0.15) is 0 Å². The zero-order valence-corrected chi connectivity index (χ0v) is 21.7. The van der Waals surface area contributed by atoms with Crippen LogP contribution < -0.4 is 28.7 Å². The van der Waals surface area contributed by atoms with Crippen molar-refractivity contribution in [2.24, 2.45) is 28.7 Å². The van der Waals surface area contributed by atoms with Crippen molar-refractivity contribution in [2.75, 3.05) is 20.1 Å². The number of hydrogen-bond acceptors (Lipinski definition) is 15. The smallest absolute Gasteiger partial charge is 0.222 e. The monoisotopic (exact) mass is 552 g/mol. The molecule has 3 aliphatic rings. The molecule has 15 N–H and O–H groups in total. The molecule has 3 fully saturated rings.